The average Bonchev–Trinajstić information content (AvgIpc) is 3.15. The summed E-state index contributed by atoms with van der Waals surface area (Å²) in [6, 6.07) is 2.63. The minimum Gasteiger partial charge on any atom is -0.335 e. The summed E-state index contributed by atoms with van der Waals surface area (Å²) in [5.41, 5.74) is 3.22. The molecule has 1 aliphatic rings. The third kappa shape index (κ3) is 1.89. The maximum absolute atomic E-state index is 4.74. The first-order valence-electron chi connectivity index (χ1n) is 6.87. The SMILES string of the molecule is c1cc(-c2nc3c(cnn3C3CCCCC3)[nH]2)cs1. The van der Waals surface area contributed by atoms with Gasteiger partial charge in [0.25, 0.3) is 0 Å². The summed E-state index contributed by atoms with van der Waals surface area (Å²) in [5, 5.41) is 8.73. The van der Waals surface area contributed by atoms with E-state index in [0.717, 1.165) is 22.6 Å². The molecule has 0 radical (unpaired) electrons. The molecule has 0 spiro atoms. The number of fused-ring (bicyclic) bond motifs is 1. The molecule has 5 heteroatoms. The van der Waals surface area contributed by atoms with Crippen LogP contribution in [0.15, 0.2) is 23.0 Å². The van der Waals surface area contributed by atoms with Gasteiger partial charge < -0.3 is 4.98 Å². The quantitative estimate of drug-likeness (QED) is 0.766. The van der Waals surface area contributed by atoms with Crippen LogP contribution in [0.4, 0.5) is 0 Å². The topological polar surface area (TPSA) is 46.5 Å². The van der Waals surface area contributed by atoms with Crippen LogP contribution in [0.5, 0.6) is 0 Å². The molecule has 3 aromatic heterocycles. The van der Waals surface area contributed by atoms with E-state index in [9.17, 15) is 0 Å². The summed E-state index contributed by atoms with van der Waals surface area (Å²) in [6.07, 6.45) is 8.37. The van der Waals surface area contributed by atoms with E-state index < -0.39 is 0 Å². The highest BCUT2D eigenvalue weighted by Crippen LogP contribution is 2.30. The third-order valence-corrected chi connectivity index (χ3v) is 4.64. The van der Waals surface area contributed by atoms with Gasteiger partial charge in [-0.05, 0) is 24.3 Å². The van der Waals surface area contributed by atoms with Crippen molar-refractivity contribution in [1.82, 2.24) is 19.7 Å². The summed E-state index contributed by atoms with van der Waals surface area (Å²) >= 11 is 1.70. The lowest BCUT2D eigenvalue weighted by molar-refractivity contribution is 0.336. The Bertz CT molecular complexity index is 674. The summed E-state index contributed by atoms with van der Waals surface area (Å²) in [7, 11) is 0. The van der Waals surface area contributed by atoms with E-state index in [-0.39, 0.29) is 0 Å². The fraction of sp³-hybridized carbons (Fsp3) is 0.429. The number of thiophene rings is 1. The van der Waals surface area contributed by atoms with Gasteiger partial charge >= 0.3 is 0 Å². The second-order valence-electron chi connectivity index (χ2n) is 5.22. The summed E-state index contributed by atoms with van der Waals surface area (Å²) in [4.78, 5) is 8.11. The molecule has 4 nitrogen and oxygen atoms in total. The number of H-pyrrole nitrogens is 1. The van der Waals surface area contributed by atoms with Gasteiger partial charge in [-0.1, -0.05) is 19.3 Å². The molecule has 98 valence electrons. The van der Waals surface area contributed by atoms with Crippen LogP contribution in [-0.2, 0) is 0 Å². The van der Waals surface area contributed by atoms with Crippen LogP contribution in [0.3, 0.4) is 0 Å². The lowest BCUT2D eigenvalue weighted by Gasteiger charge is -2.21. The minimum absolute atomic E-state index is 0.532. The summed E-state index contributed by atoms with van der Waals surface area (Å²) in [6.45, 7) is 0. The number of imidazole rings is 1. The molecule has 4 rings (SSSR count). The molecule has 0 unspecified atom stereocenters. The Morgan fingerprint density at radius 2 is 2.16 bits per heavy atom. The van der Waals surface area contributed by atoms with Crippen molar-refractivity contribution in [2.45, 2.75) is 38.1 Å². The number of aromatic nitrogens is 4. The zero-order chi connectivity index (χ0) is 12.7. The fourth-order valence-electron chi connectivity index (χ4n) is 2.95. The van der Waals surface area contributed by atoms with E-state index in [4.69, 9.17) is 4.98 Å². The highest BCUT2D eigenvalue weighted by molar-refractivity contribution is 7.08. The lowest BCUT2D eigenvalue weighted by atomic mass is 9.96. The maximum Gasteiger partial charge on any atom is 0.177 e. The molecule has 0 bridgehead atoms. The van der Waals surface area contributed by atoms with Gasteiger partial charge in [-0.25, -0.2) is 9.67 Å². The Balaban J connectivity index is 1.76. The van der Waals surface area contributed by atoms with E-state index in [1.54, 1.807) is 11.3 Å². The first-order valence-corrected chi connectivity index (χ1v) is 7.82. The Kier molecular flexibility index (Phi) is 2.65. The zero-order valence-corrected chi connectivity index (χ0v) is 11.5. The van der Waals surface area contributed by atoms with Crippen LogP contribution in [0.1, 0.15) is 38.1 Å². The predicted molar refractivity (Wildman–Crippen MR) is 77.3 cm³/mol. The highest BCUT2D eigenvalue weighted by Gasteiger charge is 2.20. The van der Waals surface area contributed by atoms with Crippen LogP contribution in [0, 0.1) is 0 Å². The molecule has 0 aliphatic heterocycles. The van der Waals surface area contributed by atoms with E-state index in [2.05, 4.69) is 31.6 Å². The van der Waals surface area contributed by atoms with Gasteiger partial charge in [-0.15, -0.1) is 0 Å². The van der Waals surface area contributed by atoms with Crippen molar-refractivity contribution in [3.8, 4) is 11.4 Å². The zero-order valence-electron chi connectivity index (χ0n) is 10.7. The van der Waals surface area contributed by atoms with Gasteiger partial charge in [-0.2, -0.15) is 16.4 Å². The van der Waals surface area contributed by atoms with Gasteiger partial charge in [-0.3, -0.25) is 0 Å². The largest absolute Gasteiger partial charge is 0.335 e. The minimum atomic E-state index is 0.532. The van der Waals surface area contributed by atoms with Crippen molar-refractivity contribution in [2.24, 2.45) is 0 Å². The van der Waals surface area contributed by atoms with Crippen molar-refractivity contribution >= 4 is 22.5 Å². The Hall–Kier alpha value is -1.62. The van der Waals surface area contributed by atoms with Crippen molar-refractivity contribution in [1.29, 1.82) is 0 Å². The fourth-order valence-corrected chi connectivity index (χ4v) is 3.59. The van der Waals surface area contributed by atoms with Crippen LogP contribution in [-0.4, -0.2) is 19.7 Å². The molecule has 1 N–H and O–H groups in total. The standard InChI is InChI=1S/C14H16N4S/c1-2-4-11(5-3-1)18-14-12(8-15-18)16-13(17-14)10-6-7-19-9-10/h6-9,11H,1-5H2,(H,16,17). The molecular formula is C14H16N4S. The van der Waals surface area contributed by atoms with E-state index >= 15 is 0 Å². The number of nitrogens with zero attached hydrogens (tertiary/aromatic N) is 3. The molecule has 0 amide bonds. The normalized spacial score (nSPS) is 17.3. The molecule has 0 aromatic carbocycles. The molecule has 19 heavy (non-hydrogen) atoms. The van der Waals surface area contributed by atoms with Gasteiger partial charge in [0.05, 0.1) is 12.2 Å². The monoisotopic (exact) mass is 272 g/mol. The summed E-state index contributed by atoms with van der Waals surface area (Å²) in [5.74, 6) is 0.957. The number of hydrogen-bond acceptors (Lipinski definition) is 3. The second kappa shape index (κ2) is 4.49. The Morgan fingerprint density at radius 1 is 1.26 bits per heavy atom. The van der Waals surface area contributed by atoms with Crippen molar-refractivity contribution in [2.75, 3.05) is 0 Å². The van der Waals surface area contributed by atoms with Crippen molar-refractivity contribution < 1.29 is 0 Å². The molecule has 3 heterocycles. The molecule has 0 atom stereocenters. The van der Waals surface area contributed by atoms with Crippen LogP contribution >= 0.6 is 11.3 Å². The lowest BCUT2D eigenvalue weighted by Crippen LogP contribution is -2.14. The highest BCUT2D eigenvalue weighted by atomic mass is 32.1. The Morgan fingerprint density at radius 3 is 2.95 bits per heavy atom. The number of aromatic amines is 1. The first kappa shape index (κ1) is 11.2. The smallest absolute Gasteiger partial charge is 0.177 e. The van der Waals surface area contributed by atoms with E-state index in [0.29, 0.717) is 6.04 Å². The van der Waals surface area contributed by atoms with Crippen LogP contribution in [0.25, 0.3) is 22.6 Å². The molecule has 1 aliphatic carbocycles. The first-order chi connectivity index (χ1) is 9.42. The van der Waals surface area contributed by atoms with Crippen LogP contribution in [0.2, 0.25) is 0 Å². The van der Waals surface area contributed by atoms with E-state index in [1.807, 2.05) is 6.20 Å². The molecule has 3 aromatic rings. The van der Waals surface area contributed by atoms with Gasteiger partial charge in [0.1, 0.15) is 11.3 Å². The van der Waals surface area contributed by atoms with Gasteiger partial charge in [0.2, 0.25) is 0 Å². The van der Waals surface area contributed by atoms with Gasteiger partial charge in [0.15, 0.2) is 5.65 Å². The van der Waals surface area contributed by atoms with Crippen molar-refractivity contribution in [3.63, 3.8) is 0 Å². The number of hydrogen-bond donors (Lipinski definition) is 1. The second-order valence-corrected chi connectivity index (χ2v) is 6.00. The van der Waals surface area contributed by atoms with Crippen LogP contribution < -0.4 is 0 Å². The number of nitrogens with one attached hydrogen (secondary N) is 1. The van der Waals surface area contributed by atoms with Crippen molar-refractivity contribution in [3.05, 3.63) is 23.0 Å². The average molecular weight is 272 g/mol. The Labute approximate surface area is 115 Å². The molecule has 0 saturated heterocycles. The maximum atomic E-state index is 4.74. The number of rotatable bonds is 2. The molecule has 1 fully saturated rings. The van der Waals surface area contributed by atoms with Gasteiger partial charge in [0, 0.05) is 10.9 Å². The third-order valence-electron chi connectivity index (χ3n) is 3.96. The molecule has 1 saturated carbocycles. The van der Waals surface area contributed by atoms with E-state index in [1.165, 1.54) is 32.1 Å². The molecular weight excluding hydrogens is 256 g/mol. The predicted octanol–water partition coefficient (Wildman–Crippen LogP) is 3.99. The summed E-state index contributed by atoms with van der Waals surface area (Å²) < 4.78 is 2.13.